The Morgan fingerprint density at radius 1 is 0.971 bits per heavy atom. The normalized spacial score (nSPS) is 17.6. The summed E-state index contributed by atoms with van der Waals surface area (Å²) in [5.41, 5.74) is 3.21. The molecule has 0 aromatic heterocycles. The van der Waals surface area contributed by atoms with Crippen LogP contribution < -0.4 is 9.64 Å². The number of carbonyl (C=O) groups excluding carboxylic acids is 2. The van der Waals surface area contributed by atoms with Crippen LogP contribution in [-0.2, 0) is 4.79 Å². The van der Waals surface area contributed by atoms with E-state index < -0.39 is 5.82 Å². The molecule has 2 aromatic rings. The molecule has 0 bridgehead atoms. The van der Waals surface area contributed by atoms with Gasteiger partial charge in [0.25, 0.3) is 0 Å². The molecule has 2 aliphatic rings. The Morgan fingerprint density at radius 2 is 1.68 bits per heavy atom. The van der Waals surface area contributed by atoms with Gasteiger partial charge in [0.1, 0.15) is 17.7 Å². The minimum Gasteiger partial charge on any atom is -0.490 e. The number of benzene rings is 2. The Labute approximate surface area is 201 Å². The second-order valence-corrected chi connectivity index (χ2v) is 9.45. The molecule has 0 N–H and O–H groups in total. The first-order valence-corrected chi connectivity index (χ1v) is 12.1. The lowest BCUT2D eigenvalue weighted by Crippen LogP contribution is -2.52. The summed E-state index contributed by atoms with van der Waals surface area (Å²) >= 11 is 0. The number of ether oxygens (including phenoxy) is 1. The summed E-state index contributed by atoms with van der Waals surface area (Å²) < 4.78 is 20.7. The van der Waals surface area contributed by atoms with Gasteiger partial charge in [-0.15, -0.1) is 0 Å². The van der Waals surface area contributed by atoms with Crippen LogP contribution in [0.15, 0.2) is 36.4 Å². The van der Waals surface area contributed by atoms with Crippen LogP contribution in [0.25, 0.3) is 0 Å². The Hall–Kier alpha value is -2.93. The molecule has 0 unspecified atom stereocenters. The van der Waals surface area contributed by atoms with Gasteiger partial charge in [0.2, 0.25) is 5.91 Å². The highest BCUT2D eigenvalue weighted by Gasteiger charge is 2.27. The molecule has 0 saturated carbocycles. The number of aryl methyl sites for hydroxylation is 2. The second kappa shape index (κ2) is 10.6. The fourth-order valence-electron chi connectivity index (χ4n) is 4.67. The smallest absolute Gasteiger partial charge is 0.236 e. The van der Waals surface area contributed by atoms with E-state index in [-0.39, 0.29) is 17.8 Å². The lowest BCUT2D eigenvalue weighted by atomic mass is 10.1. The number of halogens is 1. The zero-order valence-electron chi connectivity index (χ0n) is 20.3. The first-order chi connectivity index (χ1) is 16.3. The van der Waals surface area contributed by atoms with Crippen molar-refractivity contribution < 1.29 is 18.7 Å². The quantitative estimate of drug-likeness (QED) is 0.605. The molecule has 2 heterocycles. The molecule has 0 aliphatic carbocycles. The minimum absolute atomic E-state index is 0.126. The van der Waals surface area contributed by atoms with Crippen LogP contribution in [0.2, 0.25) is 0 Å². The lowest BCUT2D eigenvalue weighted by molar-refractivity contribution is -0.133. The Morgan fingerprint density at radius 3 is 2.32 bits per heavy atom. The maximum absolute atomic E-state index is 14.5. The average Bonchev–Trinajstić information content (AvgIpc) is 2.82. The number of ketones is 1. The predicted octanol–water partition coefficient (Wildman–Crippen LogP) is 3.84. The minimum atomic E-state index is -0.390. The summed E-state index contributed by atoms with van der Waals surface area (Å²) in [5, 5.41) is 0. The van der Waals surface area contributed by atoms with Crippen LogP contribution >= 0.6 is 0 Å². The number of likely N-dealkylation sites (tertiary alicyclic amines) is 1. The van der Waals surface area contributed by atoms with E-state index in [1.54, 1.807) is 12.1 Å². The van der Waals surface area contributed by atoms with Crippen molar-refractivity contribution in [2.45, 2.75) is 39.7 Å². The summed E-state index contributed by atoms with van der Waals surface area (Å²) in [5.74, 6) is 0.542. The third-order valence-electron chi connectivity index (χ3n) is 6.86. The van der Waals surface area contributed by atoms with Crippen molar-refractivity contribution in [2.75, 3.05) is 50.7 Å². The fourth-order valence-corrected chi connectivity index (χ4v) is 4.67. The second-order valence-electron chi connectivity index (χ2n) is 9.45. The number of hydrogen-bond acceptors (Lipinski definition) is 5. The van der Waals surface area contributed by atoms with Gasteiger partial charge in [0.05, 0.1) is 12.2 Å². The van der Waals surface area contributed by atoms with Crippen molar-refractivity contribution in [1.29, 1.82) is 0 Å². The van der Waals surface area contributed by atoms with E-state index in [9.17, 15) is 14.0 Å². The lowest BCUT2D eigenvalue weighted by Gasteiger charge is -2.38. The molecular formula is C27H34FN3O3. The molecule has 4 rings (SSSR count). The molecule has 2 fully saturated rings. The van der Waals surface area contributed by atoms with Gasteiger partial charge in [-0.3, -0.25) is 14.5 Å². The number of piperidine rings is 1. The third kappa shape index (κ3) is 5.76. The van der Waals surface area contributed by atoms with Gasteiger partial charge in [-0.1, -0.05) is 12.1 Å². The SMILES string of the molecule is CC(=O)c1ccc(N2CCN(C(=O)CN3CCC(Oc4cc(C)ccc4C)CC3)CC2)c(F)c1. The molecule has 0 spiro atoms. The number of carbonyl (C=O) groups is 2. The molecule has 6 nitrogen and oxygen atoms in total. The van der Waals surface area contributed by atoms with Gasteiger partial charge in [0.15, 0.2) is 5.78 Å². The van der Waals surface area contributed by atoms with E-state index in [0.29, 0.717) is 44.0 Å². The molecule has 2 aromatic carbocycles. The number of amides is 1. The monoisotopic (exact) mass is 467 g/mol. The zero-order chi connectivity index (χ0) is 24.2. The molecule has 34 heavy (non-hydrogen) atoms. The number of rotatable bonds is 6. The van der Waals surface area contributed by atoms with Gasteiger partial charge < -0.3 is 14.5 Å². The fraction of sp³-hybridized carbons (Fsp3) is 0.481. The molecule has 2 aliphatic heterocycles. The standard InChI is InChI=1S/C27H34FN3O3/c1-19-4-5-20(2)26(16-19)34-23-8-10-29(11-9-23)18-27(33)31-14-12-30(13-15-31)25-7-6-22(21(3)32)17-24(25)28/h4-7,16-17,23H,8-15,18H2,1-3H3. The van der Waals surface area contributed by atoms with Crippen LogP contribution in [0.4, 0.5) is 10.1 Å². The Bertz CT molecular complexity index is 1040. The first-order valence-electron chi connectivity index (χ1n) is 12.1. The summed E-state index contributed by atoms with van der Waals surface area (Å²) in [6, 6.07) is 10.9. The van der Waals surface area contributed by atoms with Crippen LogP contribution in [0.3, 0.4) is 0 Å². The summed E-state index contributed by atoms with van der Waals surface area (Å²) in [7, 11) is 0. The highest BCUT2D eigenvalue weighted by Crippen LogP contribution is 2.25. The molecule has 182 valence electrons. The molecule has 0 radical (unpaired) electrons. The van der Waals surface area contributed by atoms with Crippen LogP contribution in [0, 0.1) is 19.7 Å². The van der Waals surface area contributed by atoms with E-state index >= 15 is 0 Å². The summed E-state index contributed by atoms with van der Waals surface area (Å²) in [6.45, 7) is 9.96. The van der Waals surface area contributed by atoms with Gasteiger partial charge in [0, 0.05) is 44.8 Å². The van der Waals surface area contributed by atoms with Crippen molar-refractivity contribution in [3.05, 3.63) is 58.9 Å². The van der Waals surface area contributed by atoms with Crippen LogP contribution in [0.5, 0.6) is 5.75 Å². The first kappa shape index (κ1) is 24.2. The Kier molecular flexibility index (Phi) is 7.51. The summed E-state index contributed by atoms with van der Waals surface area (Å²) in [4.78, 5) is 30.4. The van der Waals surface area contributed by atoms with E-state index in [2.05, 4.69) is 36.9 Å². The highest BCUT2D eigenvalue weighted by atomic mass is 19.1. The van der Waals surface area contributed by atoms with Gasteiger partial charge in [-0.05, 0) is 69.0 Å². The van der Waals surface area contributed by atoms with Gasteiger partial charge in [-0.25, -0.2) is 4.39 Å². The average molecular weight is 468 g/mol. The largest absolute Gasteiger partial charge is 0.490 e. The maximum atomic E-state index is 14.5. The number of nitrogens with zero attached hydrogens (tertiary/aromatic N) is 3. The number of Topliss-reactive ketones (excluding diaryl/α,β-unsaturated/α-hetero) is 1. The van der Waals surface area contributed by atoms with E-state index in [1.165, 1.54) is 18.6 Å². The highest BCUT2D eigenvalue weighted by molar-refractivity contribution is 5.94. The number of piperazine rings is 1. The topological polar surface area (TPSA) is 53.1 Å². The zero-order valence-corrected chi connectivity index (χ0v) is 20.3. The van der Waals surface area contributed by atoms with Crippen molar-refractivity contribution >= 4 is 17.4 Å². The Balaban J connectivity index is 1.23. The maximum Gasteiger partial charge on any atom is 0.236 e. The number of anilines is 1. The van der Waals surface area contributed by atoms with Crippen LogP contribution in [0.1, 0.15) is 41.3 Å². The van der Waals surface area contributed by atoms with Gasteiger partial charge >= 0.3 is 0 Å². The van der Waals surface area contributed by atoms with Crippen molar-refractivity contribution in [3.8, 4) is 5.75 Å². The summed E-state index contributed by atoms with van der Waals surface area (Å²) in [6.07, 6.45) is 1.99. The van der Waals surface area contributed by atoms with E-state index in [0.717, 1.165) is 37.2 Å². The number of hydrogen-bond donors (Lipinski definition) is 0. The van der Waals surface area contributed by atoms with E-state index in [1.807, 2.05) is 9.80 Å². The molecule has 0 atom stereocenters. The molecule has 2 saturated heterocycles. The van der Waals surface area contributed by atoms with Crippen LogP contribution in [-0.4, -0.2) is 73.4 Å². The molecular weight excluding hydrogens is 433 g/mol. The third-order valence-corrected chi connectivity index (χ3v) is 6.86. The predicted molar refractivity (Wildman–Crippen MR) is 131 cm³/mol. The van der Waals surface area contributed by atoms with E-state index in [4.69, 9.17) is 4.74 Å². The van der Waals surface area contributed by atoms with Crippen molar-refractivity contribution in [3.63, 3.8) is 0 Å². The van der Waals surface area contributed by atoms with Gasteiger partial charge in [-0.2, -0.15) is 0 Å². The van der Waals surface area contributed by atoms with Crippen molar-refractivity contribution in [1.82, 2.24) is 9.80 Å². The molecule has 1 amide bonds. The van der Waals surface area contributed by atoms with Crippen molar-refractivity contribution in [2.24, 2.45) is 0 Å². The molecule has 7 heteroatoms.